The van der Waals surface area contributed by atoms with Crippen molar-refractivity contribution in [2.45, 2.75) is 26.1 Å². The molecular formula is C40H35FN4O6. The van der Waals surface area contributed by atoms with Gasteiger partial charge in [-0.15, -0.1) is 0 Å². The molecule has 0 bridgehead atoms. The molecule has 2 amide bonds. The monoisotopic (exact) mass is 686 g/mol. The van der Waals surface area contributed by atoms with E-state index < -0.39 is 30.5 Å². The Kier molecular flexibility index (Phi) is 10.5. The fraction of sp³-hybridized carbons (Fsp3) is 0.150. The predicted molar refractivity (Wildman–Crippen MR) is 191 cm³/mol. The van der Waals surface area contributed by atoms with Crippen molar-refractivity contribution in [3.8, 4) is 16.9 Å². The van der Waals surface area contributed by atoms with Crippen molar-refractivity contribution in [3.63, 3.8) is 0 Å². The number of aryl methyl sites for hydroxylation is 1. The number of methoxy groups -OCH3 is 1. The summed E-state index contributed by atoms with van der Waals surface area (Å²) in [4.78, 5) is 49.4. The molecule has 0 spiro atoms. The molecule has 1 atom stereocenters. The first-order valence-corrected chi connectivity index (χ1v) is 16.1. The van der Waals surface area contributed by atoms with Gasteiger partial charge in [0.25, 0.3) is 5.91 Å². The lowest BCUT2D eigenvalue weighted by atomic mass is 10.0. The van der Waals surface area contributed by atoms with Gasteiger partial charge in [0.1, 0.15) is 18.1 Å². The molecule has 0 saturated carbocycles. The van der Waals surface area contributed by atoms with Crippen LogP contribution in [0.2, 0.25) is 0 Å². The number of ether oxygens (including phenoxy) is 1. The van der Waals surface area contributed by atoms with E-state index in [0.717, 1.165) is 27.8 Å². The molecule has 0 radical (unpaired) electrons. The number of hydrogen-bond acceptors (Lipinski definition) is 7. The van der Waals surface area contributed by atoms with Gasteiger partial charge in [-0.3, -0.25) is 14.4 Å². The van der Waals surface area contributed by atoms with E-state index in [1.165, 1.54) is 47.9 Å². The van der Waals surface area contributed by atoms with Crippen molar-refractivity contribution < 1.29 is 33.5 Å². The van der Waals surface area contributed by atoms with Crippen LogP contribution in [0.3, 0.4) is 0 Å². The quantitative estimate of drug-likeness (QED) is 0.133. The fourth-order valence-electron chi connectivity index (χ4n) is 5.62. The van der Waals surface area contributed by atoms with E-state index in [2.05, 4.69) is 42.0 Å². The molecule has 1 aliphatic rings. The molecule has 0 fully saturated rings. The van der Waals surface area contributed by atoms with Crippen molar-refractivity contribution in [2.24, 2.45) is 4.99 Å². The number of hydroxylamine groups is 1. The molecule has 1 aliphatic heterocycles. The number of carbonyl (C=O) groups excluding carboxylic acids is 2. The smallest absolute Gasteiger partial charge is 0.323 e. The molecule has 6 rings (SSSR count). The van der Waals surface area contributed by atoms with Crippen LogP contribution in [0.25, 0.3) is 11.1 Å². The Morgan fingerprint density at radius 3 is 2.18 bits per heavy atom. The number of amides is 2. The highest BCUT2D eigenvalue weighted by Gasteiger charge is 2.22. The lowest BCUT2D eigenvalue weighted by Gasteiger charge is -2.21. The van der Waals surface area contributed by atoms with Gasteiger partial charge in [-0.1, -0.05) is 84.4 Å². The van der Waals surface area contributed by atoms with Crippen LogP contribution >= 0.6 is 0 Å². The van der Waals surface area contributed by atoms with E-state index in [-0.39, 0.29) is 30.2 Å². The third-order valence-corrected chi connectivity index (χ3v) is 8.32. The summed E-state index contributed by atoms with van der Waals surface area (Å²) in [5.41, 5.74) is 9.93. The molecule has 258 valence electrons. The highest BCUT2D eigenvalue weighted by atomic mass is 19.1. The van der Waals surface area contributed by atoms with E-state index >= 15 is 0 Å². The Bertz CT molecular complexity index is 2070. The molecule has 5 aromatic carbocycles. The van der Waals surface area contributed by atoms with Gasteiger partial charge in [-0.05, 0) is 53.9 Å². The van der Waals surface area contributed by atoms with Gasteiger partial charge in [0, 0.05) is 40.6 Å². The molecule has 10 nitrogen and oxygen atoms in total. The van der Waals surface area contributed by atoms with E-state index in [9.17, 15) is 23.9 Å². The zero-order chi connectivity index (χ0) is 35.9. The summed E-state index contributed by atoms with van der Waals surface area (Å²) in [5.74, 6) is -1.65. The van der Waals surface area contributed by atoms with Crippen molar-refractivity contribution in [3.05, 3.63) is 154 Å². The van der Waals surface area contributed by atoms with E-state index in [1.807, 2.05) is 36.4 Å². The standard InChI is InChI=1S/C40H35FN4O6/c1-25-3-7-27(8-4-25)28-11-13-30(14-12-28)39-43-38(44-51-39)29-9-5-26(6-10-29)23-45(24-37(47)48)40(49)31-16-19-34(20-17-31)42-36(46)21-32-15-18-33(41)22-35(32)50-2/h3-20,22,39H,21,23-24H2,1-2H3,(H,42,46)(H,43,44)(H,47,48). The fourth-order valence-corrected chi connectivity index (χ4v) is 5.62. The van der Waals surface area contributed by atoms with E-state index in [0.29, 0.717) is 17.1 Å². The number of nitrogens with zero attached hydrogens (tertiary/aromatic N) is 2. The van der Waals surface area contributed by atoms with Gasteiger partial charge in [-0.2, -0.15) is 0 Å². The Labute approximate surface area is 294 Å². The molecule has 0 aromatic heterocycles. The van der Waals surface area contributed by atoms with Crippen molar-refractivity contribution in [2.75, 3.05) is 19.0 Å². The number of aliphatic imine (C=N–C) groups is 1. The molecule has 1 heterocycles. The SMILES string of the molecule is COc1cc(F)ccc1CC(=O)Nc1ccc(C(=O)N(CC(=O)O)Cc2ccc(C3=NC(c4ccc(-c5ccc(C)cc5)cc4)ON3)cc2)cc1. The maximum atomic E-state index is 13.5. The minimum atomic E-state index is -1.15. The first kappa shape index (κ1) is 34.5. The van der Waals surface area contributed by atoms with Crippen molar-refractivity contribution in [1.82, 2.24) is 10.4 Å². The summed E-state index contributed by atoms with van der Waals surface area (Å²) in [5, 5.41) is 12.3. The molecule has 0 saturated heterocycles. The van der Waals surface area contributed by atoms with Crippen LogP contribution in [0.1, 0.15) is 44.4 Å². The largest absolute Gasteiger partial charge is 0.496 e. The molecule has 5 aromatic rings. The average molecular weight is 687 g/mol. The van der Waals surface area contributed by atoms with Crippen LogP contribution in [-0.2, 0) is 27.4 Å². The minimum Gasteiger partial charge on any atom is -0.496 e. The number of carboxylic acid groups (broad SMARTS) is 1. The minimum absolute atomic E-state index is 0.0465. The number of carbonyl (C=O) groups is 3. The number of benzene rings is 5. The molecule has 1 unspecified atom stereocenters. The Hall–Kier alpha value is -6.33. The van der Waals surface area contributed by atoms with Crippen molar-refractivity contribution in [1.29, 1.82) is 0 Å². The van der Waals surface area contributed by atoms with Crippen LogP contribution in [0.5, 0.6) is 5.75 Å². The zero-order valence-corrected chi connectivity index (χ0v) is 27.9. The maximum absolute atomic E-state index is 13.5. The van der Waals surface area contributed by atoms with Crippen molar-refractivity contribution >= 4 is 29.3 Å². The maximum Gasteiger partial charge on any atom is 0.323 e. The van der Waals surface area contributed by atoms with Gasteiger partial charge < -0.3 is 20.1 Å². The molecule has 0 aliphatic carbocycles. The third kappa shape index (κ3) is 8.64. The summed E-state index contributed by atoms with van der Waals surface area (Å²) < 4.78 is 18.7. The lowest BCUT2D eigenvalue weighted by molar-refractivity contribution is -0.137. The number of halogens is 1. The van der Waals surface area contributed by atoms with Crippen LogP contribution < -0.4 is 15.5 Å². The second kappa shape index (κ2) is 15.5. The summed E-state index contributed by atoms with van der Waals surface area (Å²) in [7, 11) is 1.40. The summed E-state index contributed by atoms with van der Waals surface area (Å²) in [6.07, 6.45) is -0.566. The van der Waals surface area contributed by atoms with Crippen LogP contribution in [-0.4, -0.2) is 47.3 Å². The lowest BCUT2D eigenvalue weighted by Crippen LogP contribution is -2.35. The van der Waals surface area contributed by atoms with Crippen LogP contribution in [0.15, 0.2) is 120 Å². The first-order chi connectivity index (χ1) is 24.6. The topological polar surface area (TPSA) is 130 Å². The molecular weight excluding hydrogens is 651 g/mol. The molecule has 11 heteroatoms. The number of carboxylic acids is 1. The van der Waals surface area contributed by atoms with Gasteiger partial charge in [0.15, 0.2) is 5.84 Å². The molecule has 3 N–H and O–H groups in total. The number of rotatable bonds is 12. The van der Waals surface area contributed by atoms with Crippen LogP contribution in [0, 0.1) is 12.7 Å². The normalized spacial score (nSPS) is 13.5. The Morgan fingerprint density at radius 2 is 1.53 bits per heavy atom. The van der Waals surface area contributed by atoms with E-state index in [4.69, 9.17) is 14.6 Å². The molecule has 51 heavy (non-hydrogen) atoms. The highest BCUT2D eigenvalue weighted by molar-refractivity contribution is 5.99. The number of amidine groups is 1. The average Bonchev–Trinajstić information content (AvgIpc) is 3.63. The summed E-state index contributed by atoms with van der Waals surface area (Å²) in [6, 6.07) is 33.8. The van der Waals surface area contributed by atoms with E-state index in [1.54, 1.807) is 24.3 Å². The predicted octanol–water partition coefficient (Wildman–Crippen LogP) is 6.70. The second-order valence-electron chi connectivity index (χ2n) is 12.0. The summed E-state index contributed by atoms with van der Waals surface area (Å²) in [6.45, 7) is 1.60. The Balaban J connectivity index is 1.07. The number of aliphatic carboxylic acids is 1. The first-order valence-electron chi connectivity index (χ1n) is 16.1. The van der Waals surface area contributed by atoms with Gasteiger partial charge in [0.05, 0.1) is 13.5 Å². The second-order valence-corrected chi connectivity index (χ2v) is 12.0. The Morgan fingerprint density at radius 1 is 0.882 bits per heavy atom. The van der Waals surface area contributed by atoms with Gasteiger partial charge in [0.2, 0.25) is 12.1 Å². The summed E-state index contributed by atoms with van der Waals surface area (Å²) >= 11 is 0. The third-order valence-electron chi connectivity index (χ3n) is 8.32. The number of hydrogen-bond donors (Lipinski definition) is 3. The highest BCUT2D eigenvalue weighted by Crippen LogP contribution is 2.27. The van der Waals surface area contributed by atoms with Crippen LogP contribution in [0.4, 0.5) is 10.1 Å². The van der Waals surface area contributed by atoms with Gasteiger partial charge in [-0.25, -0.2) is 19.7 Å². The van der Waals surface area contributed by atoms with Gasteiger partial charge >= 0.3 is 5.97 Å². The number of nitrogens with one attached hydrogen (secondary N) is 2. The zero-order valence-electron chi connectivity index (χ0n) is 27.9. The number of anilines is 1.